The number of rotatable bonds is 7. The van der Waals surface area contributed by atoms with Crippen LogP contribution in [0.15, 0.2) is 66.7 Å². The van der Waals surface area contributed by atoms with Crippen LogP contribution in [0.25, 0.3) is 22.4 Å². The van der Waals surface area contributed by atoms with Crippen molar-refractivity contribution in [3.05, 3.63) is 81.8 Å². The van der Waals surface area contributed by atoms with Gasteiger partial charge in [-0.3, -0.25) is 0 Å². The third kappa shape index (κ3) is 4.69. The summed E-state index contributed by atoms with van der Waals surface area (Å²) in [6.45, 7) is 1.46. The van der Waals surface area contributed by atoms with E-state index in [0.717, 1.165) is 47.6 Å². The third-order valence-corrected chi connectivity index (χ3v) is 5.48. The molecule has 0 saturated heterocycles. The van der Waals surface area contributed by atoms with Crippen LogP contribution < -0.4 is 4.74 Å². The van der Waals surface area contributed by atoms with Gasteiger partial charge in [0.05, 0.1) is 22.7 Å². The fourth-order valence-corrected chi connectivity index (χ4v) is 3.89. The molecule has 0 aliphatic carbocycles. The lowest BCUT2D eigenvalue weighted by molar-refractivity contribution is 0.303. The Morgan fingerprint density at radius 3 is 2.38 bits per heavy atom. The van der Waals surface area contributed by atoms with Gasteiger partial charge in [0, 0.05) is 22.2 Å². The van der Waals surface area contributed by atoms with Crippen LogP contribution >= 0.6 is 34.8 Å². The van der Waals surface area contributed by atoms with Crippen LogP contribution in [0.1, 0.15) is 12.8 Å². The molecule has 4 aromatic rings. The Kier molecular flexibility index (Phi) is 6.29. The lowest BCUT2D eigenvalue weighted by Crippen LogP contribution is -2.04. The summed E-state index contributed by atoms with van der Waals surface area (Å²) in [4.78, 5) is 4.82. The lowest BCUT2D eigenvalue weighted by Gasteiger charge is -2.11. The number of imidazole rings is 1. The zero-order chi connectivity index (χ0) is 20.2. The summed E-state index contributed by atoms with van der Waals surface area (Å²) < 4.78 is 8.01. The second-order valence-electron chi connectivity index (χ2n) is 6.71. The van der Waals surface area contributed by atoms with Crippen molar-refractivity contribution in [3.63, 3.8) is 0 Å². The highest BCUT2D eigenvalue weighted by atomic mass is 35.5. The minimum atomic E-state index is 0.597. The molecular weight excluding hydrogens is 427 g/mol. The molecule has 0 aliphatic heterocycles. The number of halogens is 3. The number of para-hydroxylation sites is 2. The Morgan fingerprint density at radius 1 is 0.828 bits per heavy atom. The lowest BCUT2D eigenvalue weighted by atomic mass is 10.2. The standard InChI is InChI=1S/C23H19Cl3N2O/c24-16-7-10-18(11-8-16)29-14-4-3-13-28-22-6-2-1-5-21(22)27-23(28)19-12-9-17(25)15-20(19)26/h1-2,5-12,15H,3-4,13-14H2. The van der Waals surface area contributed by atoms with Gasteiger partial charge in [0.2, 0.25) is 0 Å². The first kappa shape index (κ1) is 20.1. The molecule has 0 radical (unpaired) electrons. The molecule has 1 aromatic heterocycles. The summed E-state index contributed by atoms with van der Waals surface area (Å²) in [6, 6.07) is 21.1. The molecule has 29 heavy (non-hydrogen) atoms. The highest BCUT2D eigenvalue weighted by Gasteiger charge is 2.15. The average molecular weight is 446 g/mol. The van der Waals surface area contributed by atoms with Crippen LogP contribution in [-0.4, -0.2) is 16.2 Å². The first-order chi connectivity index (χ1) is 14.1. The van der Waals surface area contributed by atoms with E-state index in [0.29, 0.717) is 21.7 Å². The van der Waals surface area contributed by atoms with Crippen LogP contribution in [0.5, 0.6) is 5.75 Å². The van der Waals surface area contributed by atoms with Crippen molar-refractivity contribution in [3.8, 4) is 17.1 Å². The van der Waals surface area contributed by atoms with E-state index < -0.39 is 0 Å². The Hall–Kier alpha value is -2.20. The van der Waals surface area contributed by atoms with Gasteiger partial charge < -0.3 is 9.30 Å². The average Bonchev–Trinajstić information content (AvgIpc) is 3.07. The fourth-order valence-electron chi connectivity index (χ4n) is 3.27. The molecule has 0 bridgehead atoms. The summed E-state index contributed by atoms with van der Waals surface area (Å²) in [7, 11) is 0. The topological polar surface area (TPSA) is 27.1 Å². The fraction of sp³-hybridized carbons (Fsp3) is 0.174. The number of hydrogen-bond donors (Lipinski definition) is 0. The number of unbranched alkanes of at least 4 members (excludes halogenated alkanes) is 1. The first-order valence-corrected chi connectivity index (χ1v) is 10.5. The molecule has 4 rings (SSSR count). The molecule has 0 saturated carbocycles. The summed E-state index contributed by atoms with van der Waals surface area (Å²) in [5, 5.41) is 1.92. The number of aryl methyl sites for hydroxylation is 1. The van der Waals surface area contributed by atoms with Gasteiger partial charge in [-0.2, -0.15) is 0 Å². The second kappa shape index (κ2) is 9.08. The highest BCUT2D eigenvalue weighted by Crippen LogP contribution is 2.32. The van der Waals surface area contributed by atoms with E-state index in [1.54, 1.807) is 6.07 Å². The van der Waals surface area contributed by atoms with Gasteiger partial charge in [0.1, 0.15) is 11.6 Å². The number of fused-ring (bicyclic) bond motifs is 1. The van der Waals surface area contributed by atoms with Crippen molar-refractivity contribution in [2.24, 2.45) is 0 Å². The molecule has 0 unspecified atom stereocenters. The Morgan fingerprint density at radius 2 is 1.59 bits per heavy atom. The molecule has 0 amide bonds. The predicted octanol–water partition coefficient (Wildman–Crippen LogP) is 7.52. The van der Waals surface area contributed by atoms with Crippen LogP contribution in [0, 0.1) is 0 Å². The van der Waals surface area contributed by atoms with E-state index in [1.807, 2.05) is 54.6 Å². The van der Waals surface area contributed by atoms with Crippen LogP contribution in [0.4, 0.5) is 0 Å². The molecule has 0 spiro atoms. The van der Waals surface area contributed by atoms with Crippen LogP contribution in [0.3, 0.4) is 0 Å². The molecule has 0 fully saturated rings. The van der Waals surface area contributed by atoms with Crippen molar-refractivity contribution in [1.29, 1.82) is 0 Å². The molecule has 1 heterocycles. The van der Waals surface area contributed by atoms with E-state index in [1.165, 1.54) is 0 Å². The molecule has 0 N–H and O–H groups in total. The quantitative estimate of drug-likeness (QED) is 0.275. The molecular formula is C23H19Cl3N2O. The number of nitrogens with zero attached hydrogens (tertiary/aromatic N) is 2. The van der Waals surface area contributed by atoms with Gasteiger partial charge in [-0.15, -0.1) is 0 Å². The second-order valence-corrected chi connectivity index (χ2v) is 7.99. The zero-order valence-electron chi connectivity index (χ0n) is 15.6. The highest BCUT2D eigenvalue weighted by molar-refractivity contribution is 6.36. The van der Waals surface area contributed by atoms with Gasteiger partial charge in [-0.1, -0.05) is 46.9 Å². The Balaban J connectivity index is 1.49. The van der Waals surface area contributed by atoms with Crippen molar-refractivity contribution in [2.75, 3.05) is 6.61 Å². The van der Waals surface area contributed by atoms with E-state index in [9.17, 15) is 0 Å². The predicted molar refractivity (Wildman–Crippen MR) is 121 cm³/mol. The van der Waals surface area contributed by atoms with Crippen LogP contribution in [0.2, 0.25) is 15.1 Å². The van der Waals surface area contributed by atoms with Crippen molar-refractivity contribution in [1.82, 2.24) is 9.55 Å². The normalized spacial score (nSPS) is 11.1. The maximum atomic E-state index is 6.46. The van der Waals surface area contributed by atoms with Crippen molar-refractivity contribution >= 4 is 45.8 Å². The van der Waals surface area contributed by atoms with Crippen molar-refractivity contribution < 1.29 is 4.74 Å². The molecule has 148 valence electrons. The Labute approximate surface area is 184 Å². The SMILES string of the molecule is Clc1ccc(OCCCCn2c(-c3ccc(Cl)cc3Cl)nc3ccccc32)cc1. The molecule has 3 aromatic carbocycles. The summed E-state index contributed by atoms with van der Waals surface area (Å²) in [5.74, 6) is 1.68. The summed E-state index contributed by atoms with van der Waals surface area (Å²) in [6.07, 6.45) is 1.87. The summed E-state index contributed by atoms with van der Waals surface area (Å²) >= 11 is 18.4. The van der Waals surface area contributed by atoms with E-state index >= 15 is 0 Å². The van der Waals surface area contributed by atoms with Crippen LogP contribution in [-0.2, 0) is 6.54 Å². The number of benzene rings is 3. The zero-order valence-corrected chi connectivity index (χ0v) is 17.9. The smallest absolute Gasteiger partial charge is 0.142 e. The van der Waals surface area contributed by atoms with Crippen molar-refractivity contribution in [2.45, 2.75) is 19.4 Å². The largest absolute Gasteiger partial charge is 0.494 e. The molecule has 3 nitrogen and oxygen atoms in total. The number of aromatic nitrogens is 2. The van der Waals surface area contributed by atoms with Gasteiger partial charge in [0.25, 0.3) is 0 Å². The minimum absolute atomic E-state index is 0.597. The molecule has 0 atom stereocenters. The van der Waals surface area contributed by atoms with E-state index in [-0.39, 0.29) is 0 Å². The van der Waals surface area contributed by atoms with E-state index in [4.69, 9.17) is 44.5 Å². The van der Waals surface area contributed by atoms with Gasteiger partial charge in [-0.25, -0.2) is 4.98 Å². The molecule has 6 heteroatoms. The maximum absolute atomic E-state index is 6.46. The summed E-state index contributed by atoms with van der Waals surface area (Å²) in [5.41, 5.74) is 2.92. The number of ether oxygens (including phenoxy) is 1. The van der Waals surface area contributed by atoms with Gasteiger partial charge in [-0.05, 0) is 67.4 Å². The number of hydrogen-bond acceptors (Lipinski definition) is 2. The first-order valence-electron chi connectivity index (χ1n) is 9.41. The Bertz CT molecular complexity index is 1120. The van der Waals surface area contributed by atoms with E-state index in [2.05, 4.69) is 10.6 Å². The third-order valence-electron chi connectivity index (χ3n) is 4.69. The molecule has 0 aliphatic rings. The monoisotopic (exact) mass is 444 g/mol. The van der Waals surface area contributed by atoms with Gasteiger partial charge >= 0.3 is 0 Å². The minimum Gasteiger partial charge on any atom is -0.494 e. The van der Waals surface area contributed by atoms with Gasteiger partial charge in [0.15, 0.2) is 0 Å². The maximum Gasteiger partial charge on any atom is 0.142 e.